The van der Waals surface area contributed by atoms with E-state index in [0.717, 1.165) is 11.1 Å². The lowest BCUT2D eigenvalue weighted by Gasteiger charge is -2.09. The number of aryl methyl sites for hydroxylation is 1. The van der Waals surface area contributed by atoms with E-state index in [1.165, 1.54) is 11.3 Å². The van der Waals surface area contributed by atoms with E-state index < -0.39 is 0 Å². The highest BCUT2D eigenvalue weighted by Gasteiger charge is 2.14. The third kappa shape index (κ3) is 3.59. The Hall–Kier alpha value is -1.85. The first-order valence-corrected chi connectivity index (χ1v) is 7.24. The average Bonchev–Trinajstić information content (AvgIpc) is 2.92. The van der Waals surface area contributed by atoms with Crippen molar-refractivity contribution in [1.29, 1.82) is 0 Å². The summed E-state index contributed by atoms with van der Waals surface area (Å²) in [5, 5.41) is 13.2. The van der Waals surface area contributed by atoms with Crippen LogP contribution in [-0.2, 0) is 6.61 Å². The predicted octanol–water partition coefficient (Wildman–Crippen LogP) is 2.36. The highest BCUT2D eigenvalue weighted by Crippen LogP contribution is 2.25. The van der Waals surface area contributed by atoms with Crippen LogP contribution in [0.3, 0.4) is 0 Å². The lowest BCUT2D eigenvalue weighted by molar-refractivity contribution is 0.0945. The van der Waals surface area contributed by atoms with Crippen molar-refractivity contribution in [2.45, 2.75) is 13.5 Å². The van der Waals surface area contributed by atoms with Gasteiger partial charge < -0.3 is 15.2 Å². The molecule has 1 aromatic carbocycles. The van der Waals surface area contributed by atoms with Gasteiger partial charge in [0.15, 0.2) is 0 Å². The monoisotopic (exact) mass is 291 g/mol. The second-order valence-corrected chi connectivity index (χ2v) is 5.22. The third-order valence-corrected chi connectivity index (χ3v) is 3.77. The van der Waals surface area contributed by atoms with Gasteiger partial charge in [-0.15, -0.1) is 11.3 Å². The number of rotatable bonds is 6. The second kappa shape index (κ2) is 7.07. The number of hydrogen-bond donors (Lipinski definition) is 2. The highest BCUT2D eigenvalue weighted by molar-refractivity contribution is 7.12. The van der Waals surface area contributed by atoms with Gasteiger partial charge in [0.1, 0.15) is 17.2 Å². The highest BCUT2D eigenvalue weighted by atomic mass is 32.1. The smallest absolute Gasteiger partial charge is 0.265 e. The molecular formula is C15H17NO3S. The Morgan fingerprint density at radius 1 is 1.35 bits per heavy atom. The quantitative estimate of drug-likeness (QED) is 0.859. The van der Waals surface area contributed by atoms with Gasteiger partial charge in [-0.05, 0) is 29.5 Å². The normalized spacial score (nSPS) is 10.3. The number of hydrogen-bond acceptors (Lipinski definition) is 4. The maximum atomic E-state index is 11.9. The molecule has 1 amide bonds. The number of carbonyl (C=O) groups is 1. The fourth-order valence-corrected chi connectivity index (χ4v) is 2.50. The van der Waals surface area contributed by atoms with Crippen molar-refractivity contribution in [2.75, 3.05) is 13.2 Å². The van der Waals surface area contributed by atoms with Crippen molar-refractivity contribution in [3.63, 3.8) is 0 Å². The minimum absolute atomic E-state index is 0.0729. The molecule has 0 aliphatic heterocycles. The molecule has 4 nitrogen and oxygen atoms in total. The van der Waals surface area contributed by atoms with E-state index in [1.807, 2.05) is 36.6 Å². The Bertz CT molecular complexity index is 580. The lowest BCUT2D eigenvalue weighted by Crippen LogP contribution is -2.25. The summed E-state index contributed by atoms with van der Waals surface area (Å²) in [6.45, 7) is 2.63. The Balaban J connectivity index is 2.02. The van der Waals surface area contributed by atoms with Crippen LogP contribution in [0.2, 0.25) is 0 Å². The first kappa shape index (κ1) is 14.6. The molecule has 0 saturated heterocycles. The van der Waals surface area contributed by atoms with E-state index in [2.05, 4.69) is 5.32 Å². The summed E-state index contributed by atoms with van der Waals surface area (Å²) in [5.41, 5.74) is 2.26. The van der Waals surface area contributed by atoms with Crippen LogP contribution in [0, 0.1) is 6.92 Å². The summed E-state index contributed by atoms with van der Waals surface area (Å²) in [6, 6.07) is 9.77. The van der Waals surface area contributed by atoms with Gasteiger partial charge in [-0.3, -0.25) is 4.79 Å². The number of nitrogens with one attached hydrogen (secondary N) is 1. The molecule has 0 aliphatic carbocycles. The van der Waals surface area contributed by atoms with E-state index in [0.29, 0.717) is 17.2 Å². The molecule has 2 aromatic rings. The van der Waals surface area contributed by atoms with E-state index >= 15 is 0 Å². The standard InChI is InChI=1S/C15H17NO3S/c1-11-4-2-3-5-12(11)10-19-13-6-9-20-14(13)15(18)16-7-8-17/h2-6,9,17H,7-8,10H2,1H3,(H,16,18). The fraction of sp³-hybridized carbons (Fsp3) is 0.267. The summed E-state index contributed by atoms with van der Waals surface area (Å²) in [5.74, 6) is 0.363. The Morgan fingerprint density at radius 3 is 2.90 bits per heavy atom. The van der Waals surface area contributed by atoms with Crippen LogP contribution < -0.4 is 10.1 Å². The van der Waals surface area contributed by atoms with Crippen molar-refractivity contribution in [3.05, 3.63) is 51.7 Å². The molecule has 20 heavy (non-hydrogen) atoms. The Kier molecular flexibility index (Phi) is 5.15. The SMILES string of the molecule is Cc1ccccc1COc1ccsc1C(=O)NCCO. The maximum absolute atomic E-state index is 11.9. The van der Waals surface area contributed by atoms with Gasteiger partial charge in [0, 0.05) is 6.54 Å². The van der Waals surface area contributed by atoms with E-state index in [4.69, 9.17) is 9.84 Å². The molecule has 0 radical (unpaired) electrons. The van der Waals surface area contributed by atoms with Gasteiger partial charge in [-0.2, -0.15) is 0 Å². The summed E-state index contributed by atoms with van der Waals surface area (Å²) in [7, 11) is 0. The van der Waals surface area contributed by atoms with E-state index in [-0.39, 0.29) is 19.1 Å². The third-order valence-electron chi connectivity index (χ3n) is 2.88. The van der Waals surface area contributed by atoms with Crippen LogP contribution in [0.4, 0.5) is 0 Å². The minimum atomic E-state index is -0.214. The van der Waals surface area contributed by atoms with Gasteiger partial charge in [0.05, 0.1) is 6.61 Å². The van der Waals surface area contributed by atoms with Gasteiger partial charge >= 0.3 is 0 Å². The Morgan fingerprint density at radius 2 is 2.15 bits per heavy atom. The molecule has 0 saturated carbocycles. The van der Waals surface area contributed by atoms with Crippen LogP contribution in [0.15, 0.2) is 35.7 Å². The predicted molar refractivity (Wildman–Crippen MR) is 79.2 cm³/mol. The van der Waals surface area contributed by atoms with Crippen molar-refractivity contribution in [3.8, 4) is 5.75 Å². The molecule has 0 unspecified atom stereocenters. The van der Waals surface area contributed by atoms with Crippen LogP contribution in [0.25, 0.3) is 0 Å². The van der Waals surface area contributed by atoms with Crippen LogP contribution in [0.1, 0.15) is 20.8 Å². The molecule has 2 N–H and O–H groups in total. The van der Waals surface area contributed by atoms with Gasteiger partial charge in [-0.1, -0.05) is 24.3 Å². The first-order chi connectivity index (χ1) is 9.72. The number of carbonyl (C=O) groups excluding carboxylic acids is 1. The molecule has 106 valence electrons. The number of aliphatic hydroxyl groups is 1. The lowest BCUT2D eigenvalue weighted by atomic mass is 10.1. The van der Waals surface area contributed by atoms with Crippen molar-refractivity contribution in [2.24, 2.45) is 0 Å². The topological polar surface area (TPSA) is 58.6 Å². The number of aliphatic hydroxyl groups excluding tert-OH is 1. The zero-order chi connectivity index (χ0) is 14.4. The van der Waals surface area contributed by atoms with E-state index in [9.17, 15) is 4.79 Å². The number of ether oxygens (including phenoxy) is 1. The van der Waals surface area contributed by atoms with Gasteiger partial charge in [-0.25, -0.2) is 0 Å². The average molecular weight is 291 g/mol. The van der Waals surface area contributed by atoms with Crippen LogP contribution >= 0.6 is 11.3 Å². The summed E-state index contributed by atoms with van der Waals surface area (Å²) in [4.78, 5) is 12.4. The Labute approximate surface area is 122 Å². The fourth-order valence-electron chi connectivity index (χ4n) is 1.75. The molecule has 0 bridgehead atoms. The summed E-state index contributed by atoms with van der Waals surface area (Å²) in [6.07, 6.45) is 0. The number of benzene rings is 1. The number of amides is 1. The number of thiophene rings is 1. The van der Waals surface area contributed by atoms with Gasteiger partial charge in [0.2, 0.25) is 0 Å². The van der Waals surface area contributed by atoms with Crippen molar-refractivity contribution in [1.82, 2.24) is 5.32 Å². The molecular weight excluding hydrogens is 274 g/mol. The second-order valence-electron chi connectivity index (χ2n) is 4.31. The van der Waals surface area contributed by atoms with Crippen LogP contribution in [0.5, 0.6) is 5.75 Å². The molecule has 0 spiro atoms. The molecule has 5 heteroatoms. The molecule has 1 heterocycles. The molecule has 2 rings (SSSR count). The molecule has 0 fully saturated rings. The van der Waals surface area contributed by atoms with Crippen LogP contribution in [-0.4, -0.2) is 24.2 Å². The van der Waals surface area contributed by atoms with E-state index in [1.54, 1.807) is 6.07 Å². The maximum Gasteiger partial charge on any atom is 0.265 e. The summed E-state index contributed by atoms with van der Waals surface area (Å²) >= 11 is 1.33. The minimum Gasteiger partial charge on any atom is -0.487 e. The molecule has 1 aromatic heterocycles. The zero-order valence-electron chi connectivity index (χ0n) is 11.3. The first-order valence-electron chi connectivity index (χ1n) is 6.36. The van der Waals surface area contributed by atoms with Crippen molar-refractivity contribution < 1.29 is 14.6 Å². The van der Waals surface area contributed by atoms with Crippen molar-refractivity contribution >= 4 is 17.2 Å². The summed E-state index contributed by atoms with van der Waals surface area (Å²) < 4.78 is 5.73. The molecule has 0 aliphatic rings. The largest absolute Gasteiger partial charge is 0.487 e. The zero-order valence-corrected chi connectivity index (χ0v) is 12.1. The molecule has 0 atom stereocenters. The van der Waals surface area contributed by atoms with Gasteiger partial charge in [0.25, 0.3) is 5.91 Å².